The standard InChI is InChI=1S/C7H7NO2.Ca.2H/c8-7(10)5-3-1-2-4-6(5)9;;;/h1-4,9H,(H2,8,10);;;/q;+2;2*-1. The molecule has 1 aromatic rings. The van der Waals surface area contributed by atoms with Crippen molar-refractivity contribution in [2.24, 2.45) is 5.73 Å². The monoisotopic (exact) mass is 179 g/mol. The molecule has 0 saturated heterocycles. The molecule has 0 atom stereocenters. The molecule has 1 aromatic carbocycles. The Labute approximate surface area is 97.2 Å². The summed E-state index contributed by atoms with van der Waals surface area (Å²) in [6, 6.07) is 6.15. The molecule has 0 heterocycles. The summed E-state index contributed by atoms with van der Waals surface area (Å²) in [6.45, 7) is 0. The molecule has 0 aliphatic rings. The maximum atomic E-state index is 10.5. The Kier molecular flexibility index (Phi) is 4.49. The predicted molar refractivity (Wildman–Crippen MR) is 44.6 cm³/mol. The van der Waals surface area contributed by atoms with Crippen molar-refractivity contribution >= 4 is 43.6 Å². The molecule has 3 N–H and O–H groups in total. The SMILES string of the molecule is NC(=O)c1ccccc1O.[Ca+2].[H-].[H-]. The molecule has 0 unspecified atom stereocenters. The van der Waals surface area contributed by atoms with Crippen molar-refractivity contribution in [2.45, 2.75) is 0 Å². The molecule has 56 valence electrons. The Bertz CT molecular complexity index is 270. The van der Waals surface area contributed by atoms with E-state index < -0.39 is 5.91 Å². The van der Waals surface area contributed by atoms with Crippen LogP contribution in [0.25, 0.3) is 0 Å². The number of para-hydroxylation sites is 1. The largest absolute Gasteiger partial charge is 2.00 e. The van der Waals surface area contributed by atoms with Crippen LogP contribution in [0, 0.1) is 0 Å². The fraction of sp³-hybridized carbons (Fsp3) is 0. The molecule has 11 heavy (non-hydrogen) atoms. The van der Waals surface area contributed by atoms with Gasteiger partial charge in [0.15, 0.2) is 0 Å². The fourth-order valence-corrected chi connectivity index (χ4v) is 0.682. The van der Waals surface area contributed by atoms with E-state index in [-0.39, 0.29) is 51.9 Å². The molecule has 0 spiro atoms. The van der Waals surface area contributed by atoms with Crippen LogP contribution < -0.4 is 5.73 Å². The average molecular weight is 179 g/mol. The van der Waals surface area contributed by atoms with Crippen LogP contribution in [0.4, 0.5) is 0 Å². The van der Waals surface area contributed by atoms with Gasteiger partial charge in [0.1, 0.15) is 5.75 Å². The molecule has 0 saturated carbocycles. The van der Waals surface area contributed by atoms with Gasteiger partial charge < -0.3 is 13.7 Å². The summed E-state index contributed by atoms with van der Waals surface area (Å²) < 4.78 is 0. The second kappa shape index (κ2) is 4.59. The Balaban J connectivity index is -0.000000333. The number of rotatable bonds is 1. The molecule has 0 aromatic heterocycles. The normalized spacial score (nSPS) is 8.36. The van der Waals surface area contributed by atoms with Crippen molar-refractivity contribution in [3.8, 4) is 5.75 Å². The van der Waals surface area contributed by atoms with Crippen molar-refractivity contribution in [2.75, 3.05) is 0 Å². The van der Waals surface area contributed by atoms with Crippen LogP contribution >= 0.6 is 0 Å². The Morgan fingerprint density at radius 1 is 1.45 bits per heavy atom. The van der Waals surface area contributed by atoms with Crippen LogP contribution in [-0.2, 0) is 0 Å². The summed E-state index contributed by atoms with van der Waals surface area (Å²) in [4.78, 5) is 10.5. The Morgan fingerprint density at radius 3 is 2.36 bits per heavy atom. The van der Waals surface area contributed by atoms with E-state index in [9.17, 15) is 4.79 Å². The van der Waals surface area contributed by atoms with Gasteiger partial charge in [-0.1, -0.05) is 12.1 Å². The molecule has 3 nitrogen and oxygen atoms in total. The molecular weight excluding hydrogens is 170 g/mol. The van der Waals surface area contributed by atoms with Crippen LogP contribution in [0.2, 0.25) is 0 Å². The van der Waals surface area contributed by atoms with Crippen molar-refractivity contribution < 1.29 is 12.8 Å². The van der Waals surface area contributed by atoms with Gasteiger partial charge in [-0.25, -0.2) is 0 Å². The third-order valence-electron chi connectivity index (χ3n) is 1.17. The quantitative estimate of drug-likeness (QED) is 0.610. The molecule has 0 fully saturated rings. The van der Waals surface area contributed by atoms with E-state index in [2.05, 4.69) is 0 Å². The number of carbonyl (C=O) groups is 1. The van der Waals surface area contributed by atoms with E-state index in [4.69, 9.17) is 10.8 Å². The minimum absolute atomic E-state index is 0. The van der Waals surface area contributed by atoms with Crippen LogP contribution in [0.5, 0.6) is 5.75 Å². The predicted octanol–water partition coefficient (Wildman–Crippen LogP) is 0.335. The molecular formula is C7H9CaNO2. The number of aromatic hydroxyl groups is 1. The number of phenols is 1. The van der Waals surface area contributed by atoms with Crippen LogP contribution in [0.1, 0.15) is 13.2 Å². The van der Waals surface area contributed by atoms with Gasteiger partial charge in [-0.05, 0) is 12.1 Å². The van der Waals surface area contributed by atoms with E-state index >= 15 is 0 Å². The minimum atomic E-state index is -0.613. The van der Waals surface area contributed by atoms with Gasteiger partial charge in [-0.2, -0.15) is 0 Å². The summed E-state index contributed by atoms with van der Waals surface area (Å²) in [5.74, 6) is -0.687. The molecule has 1 rings (SSSR count). The summed E-state index contributed by atoms with van der Waals surface area (Å²) in [5, 5.41) is 8.98. The number of amides is 1. The fourth-order valence-electron chi connectivity index (χ4n) is 0.682. The van der Waals surface area contributed by atoms with Gasteiger partial charge in [0.05, 0.1) is 5.56 Å². The van der Waals surface area contributed by atoms with E-state index in [0.717, 1.165) is 0 Å². The number of primary amides is 1. The Hall–Kier alpha value is -0.250. The van der Waals surface area contributed by atoms with Crippen molar-refractivity contribution in [1.29, 1.82) is 0 Å². The van der Waals surface area contributed by atoms with Crippen LogP contribution in [0.3, 0.4) is 0 Å². The molecule has 1 amide bonds. The van der Waals surface area contributed by atoms with Crippen molar-refractivity contribution in [3.05, 3.63) is 29.8 Å². The number of hydrogen-bond acceptors (Lipinski definition) is 2. The second-order valence-electron chi connectivity index (χ2n) is 1.88. The third-order valence-corrected chi connectivity index (χ3v) is 1.17. The summed E-state index contributed by atoms with van der Waals surface area (Å²) in [5.41, 5.74) is 5.07. The maximum absolute atomic E-state index is 10.5. The van der Waals surface area contributed by atoms with Gasteiger partial charge in [0, 0.05) is 0 Å². The van der Waals surface area contributed by atoms with Crippen molar-refractivity contribution in [1.82, 2.24) is 0 Å². The first kappa shape index (κ1) is 10.7. The van der Waals surface area contributed by atoms with E-state index in [1.807, 2.05) is 0 Å². The van der Waals surface area contributed by atoms with Gasteiger partial charge in [0.25, 0.3) is 5.91 Å². The van der Waals surface area contributed by atoms with E-state index in [1.165, 1.54) is 12.1 Å². The van der Waals surface area contributed by atoms with E-state index in [0.29, 0.717) is 0 Å². The molecule has 4 heteroatoms. The first-order chi connectivity index (χ1) is 4.72. The zero-order valence-corrected chi connectivity index (χ0v) is 8.16. The molecule has 0 aliphatic carbocycles. The average Bonchev–Trinajstić information content (AvgIpc) is 1.88. The van der Waals surface area contributed by atoms with Crippen molar-refractivity contribution in [3.63, 3.8) is 0 Å². The first-order valence-electron chi connectivity index (χ1n) is 2.79. The first-order valence-corrected chi connectivity index (χ1v) is 2.79. The van der Waals surface area contributed by atoms with Gasteiger partial charge >= 0.3 is 37.7 Å². The van der Waals surface area contributed by atoms with Gasteiger partial charge in [-0.3, -0.25) is 4.79 Å². The number of hydrogen-bond donors (Lipinski definition) is 2. The summed E-state index contributed by atoms with van der Waals surface area (Å²) in [6.07, 6.45) is 0. The topological polar surface area (TPSA) is 63.3 Å². The smallest absolute Gasteiger partial charge is 1.00 e. The van der Waals surface area contributed by atoms with Crippen LogP contribution in [0.15, 0.2) is 24.3 Å². The zero-order chi connectivity index (χ0) is 7.56. The number of carbonyl (C=O) groups excluding carboxylic acids is 1. The molecule has 0 bridgehead atoms. The van der Waals surface area contributed by atoms with Crippen LogP contribution in [-0.4, -0.2) is 48.8 Å². The number of benzene rings is 1. The zero-order valence-electron chi connectivity index (χ0n) is 7.95. The molecule has 0 aliphatic heterocycles. The Morgan fingerprint density at radius 2 is 2.00 bits per heavy atom. The van der Waals surface area contributed by atoms with Gasteiger partial charge in [-0.15, -0.1) is 0 Å². The van der Waals surface area contributed by atoms with E-state index in [1.54, 1.807) is 12.1 Å². The number of nitrogens with two attached hydrogens (primary N) is 1. The summed E-state index contributed by atoms with van der Waals surface area (Å²) >= 11 is 0. The van der Waals surface area contributed by atoms with Gasteiger partial charge in [0.2, 0.25) is 0 Å². The summed E-state index contributed by atoms with van der Waals surface area (Å²) in [7, 11) is 0. The second-order valence-corrected chi connectivity index (χ2v) is 1.88. The third kappa shape index (κ3) is 2.69. The minimum Gasteiger partial charge on any atom is -1.00 e. The maximum Gasteiger partial charge on any atom is 2.00 e. The molecule has 0 radical (unpaired) electrons.